The summed E-state index contributed by atoms with van der Waals surface area (Å²) in [5.41, 5.74) is 7.36. The number of anilines is 3. The van der Waals surface area contributed by atoms with E-state index in [-0.39, 0.29) is 5.92 Å². The van der Waals surface area contributed by atoms with Crippen LogP contribution in [0.3, 0.4) is 0 Å². The van der Waals surface area contributed by atoms with Crippen molar-refractivity contribution in [2.24, 2.45) is 0 Å². The summed E-state index contributed by atoms with van der Waals surface area (Å²) in [6.07, 6.45) is 27.8. The molecule has 0 fully saturated rings. The van der Waals surface area contributed by atoms with Gasteiger partial charge in [0, 0.05) is 42.3 Å². The van der Waals surface area contributed by atoms with Crippen LogP contribution in [0.15, 0.2) is 151 Å². The molecule has 0 radical (unpaired) electrons. The summed E-state index contributed by atoms with van der Waals surface area (Å²) in [6, 6.07) is 26.9. The molecule has 1 aliphatic carbocycles. The Labute approximate surface area is 309 Å². The Kier molecular flexibility index (Phi) is 23.6. The van der Waals surface area contributed by atoms with Gasteiger partial charge < -0.3 is 9.80 Å². The van der Waals surface area contributed by atoms with E-state index in [9.17, 15) is 0 Å². The number of halogens is 2. The molecule has 4 rings (SSSR count). The number of alkyl halides is 2. The van der Waals surface area contributed by atoms with E-state index >= 15 is 0 Å². The number of hydrogen-bond donors (Lipinski definition) is 0. The first-order valence-electron chi connectivity index (χ1n) is 17.0. The fourth-order valence-corrected chi connectivity index (χ4v) is 5.24. The number of benzene rings is 3. The second kappa shape index (κ2) is 25.8. The molecule has 4 heteroatoms. The normalized spacial score (nSPS) is 14.5. The third-order valence-corrected chi connectivity index (χ3v) is 8.41. The smallest absolute Gasteiger partial charge is 0.164 e. The number of allylic oxidation sites excluding steroid dienone is 10. The van der Waals surface area contributed by atoms with Crippen molar-refractivity contribution >= 4 is 40.3 Å². The van der Waals surface area contributed by atoms with Gasteiger partial charge in [0.25, 0.3) is 0 Å². The summed E-state index contributed by atoms with van der Waals surface area (Å²) >= 11 is 13.3. The van der Waals surface area contributed by atoms with Crippen molar-refractivity contribution in [1.82, 2.24) is 4.90 Å². The molecule has 0 saturated carbocycles. The average molecular weight is 698 g/mol. The molecule has 0 amide bonds. The molecular weight excluding hydrogens is 639 g/mol. The van der Waals surface area contributed by atoms with Crippen LogP contribution < -0.4 is 4.90 Å². The minimum absolute atomic E-state index is 0.149. The lowest BCUT2D eigenvalue weighted by Crippen LogP contribution is -2.15. The molecule has 0 saturated heterocycles. The maximum Gasteiger partial charge on any atom is 0.164 e. The van der Waals surface area contributed by atoms with E-state index in [0.717, 1.165) is 46.7 Å². The Hall–Kier alpha value is -4.16. The number of likely N-dealkylation sites (N-methyl/N-ethyl adjacent to an activating group) is 1. The zero-order valence-corrected chi connectivity index (χ0v) is 32.7. The summed E-state index contributed by atoms with van der Waals surface area (Å²) in [4.78, 5) is 4.42. The Morgan fingerprint density at radius 3 is 1.78 bits per heavy atom. The van der Waals surface area contributed by atoms with Crippen LogP contribution in [0, 0.1) is 12.8 Å². The van der Waals surface area contributed by atoms with E-state index in [2.05, 4.69) is 136 Å². The van der Waals surface area contributed by atoms with Crippen LogP contribution >= 0.6 is 23.2 Å². The molecule has 1 unspecified atom stereocenters. The predicted octanol–water partition coefficient (Wildman–Crippen LogP) is 14.2. The molecule has 0 heterocycles. The molecule has 3 aromatic carbocycles. The van der Waals surface area contributed by atoms with Gasteiger partial charge in [0.15, 0.2) is 4.33 Å². The molecule has 0 aromatic heterocycles. The number of terminal acetylenes is 1. The maximum atomic E-state index is 6.66. The summed E-state index contributed by atoms with van der Waals surface area (Å²) < 4.78 is -1.05. The highest BCUT2D eigenvalue weighted by Gasteiger charge is 2.43. The number of para-hydroxylation sites is 2. The summed E-state index contributed by atoms with van der Waals surface area (Å²) in [5, 5.41) is 0. The standard InChI is InChI=1S/C23H19Cl2N.C14H23N.C4H8.C2H6.C2H2/c1-16-17(2)23(24,25)22-15-20(13-14-21(16)22)26(18-9-5-3-6-10-18)19-11-7-4-8-12-19;1-5-7-9-10-11-13-15(4)14(3)12-8-6-2;1-3-4-2;2*1-2/h3-16H,2H2,1H3;6-12H,5,13H2,1-4H3;3-4H,1-2H3;1-2H3;1-2H/b;8-6-,9-7-,11-10-,14-12+;4-3-;;. The monoisotopic (exact) mass is 696 g/mol. The zero-order chi connectivity index (χ0) is 37.2. The highest BCUT2D eigenvalue weighted by atomic mass is 35.5. The number of fused-ring (bicyclic) bond motifs is 1. The predicted molar refractivity (Wildman–Crippen MR) is 224 cm³/mol. The maximum absolute atomic E-state index is 6.66. The Bertz CT molecular complexity index is 1470. The number of nitrogens with zero attached hydrogens (tertiary/aromatic N) is 2. The first-order chi connectivity index (χ1) is 23.6. The van der Waals surface area contributed by atoms with Crippen LogP contribution in [0.2, 0.25) is 0 Å². The first kappa shape index (κ1) is 44.8. The second-order valence-corrected chi connectivity index (χ2v) is 12.1. The van der Waals surface area contributed by atoms with Gasteiger partial charge in [0.05, 0.1) is 0 Å². The van der Waals surface area contributed by atoms with Crippen molar-refractivity contribution in [1.29, 1.82) is 0 Å². The van der Waals surface area contributed by atoms with Gasteiger partial charge >= 0.3 is 0 Å². The largest absolute Gasteiger partial charge is 0.374 e. The highest BCUT2D eigenvalue weighted by Crippen LogP contribution is 2.55. The topological polar surface area (TPSA) is 6.48 Å². The first-order valence-corrected chi connectivity index (χ1v) is 17.7. The molecule has 1 atom stereocenters. The lowest BCUT2D eigenvalue weighted by molar-refractivity contribution is 0.466. The minimum Gasteiger partial charge on any atom is -0.374 e. The molecule has 0 N–H and O–H groups in total. The zero-order valence-electron chi connectivity index (χ0n) is 31.2. The van der Waals surface area contributed by atoms with E-state index in [1.165, 1.54) is 5.70 Å². The molecule has 0 aliphatic heterocycles. The lowest BCUT2D eigenvalue weighted by atomic mass is 10.0. The Balaban J connectivity index is 0.000000855. The van der Waals surface area contributed by atoms with E-state index in [1.54, 1.807) is 0 Å². The van der Waals surface area contributed by atoms with Gasteiger partial charge in [-0.25, -0.2) is 0 Å². The fraction of sp³-hybridized carbons (Fsp3) is 0.289. The molecule has 49 heavy (non-hydrogen) atoms. The Morgan fingerprint density at radius 1 is 0.796 bits per heavy atom. The Morgan fingerprint density at radius 2 is 1.31 bits per heavy atom. The minimum atomic E-state index is -1.05. The van der Waals surface area contributed by atoms with Gasteiger partial charge in [0.1, 0.15) is 0 Å². The van der Waals surface area contributed by atoms with Gasteiger partial charge in [-0.15, -0.1) is 12.8 Å². The van der Waals surface area contributed by atoms with E-state index in [4.69, 9.17) is 23.2 Å². The molecule has 3 aromatic rings. The molecule has 0 bridgehead atoms. The van der Waals surface area contributed by atoms with Crippen molar-refractivity contribution in [3.8, 4) is 12.8 Å². The van der Waals surface area contributed by atoms with Crippen molar-refractivity contribution in [2.45, 2.75) is 72.1 Å². The SMILES string of the molecule is C#C.C/C=C\C.C/C=C\C=C(/C)N(C)C/C=C\C=C/CC.C=C1C(C)c2ccc(N(c3ccccc3)c3ccccc3)cc2C1(Cl)Cl.CC. The third kappa shape index (κ3) is 14.5. The quantitative estimate of drug-likeness (QED) is 0.0950. The van der Waals surface area contributed by atoms with Crippen molar-refractivity contribution < 1.29 is 0 Å². The van der Waals surface area contributed by atoms with Gasteiger partial charge in [-0.3, -0.25) is 0 Å². The second-order valence-electron chi connectivity index (χ2n) is 10.7. The van der Waals surface area contributed by atoms with Crippen molar-refractivity contribution in [3.63, 3.8) is 0 Å². The molecular formula is C45H58Cl2N2. The highest BCUT2D eigenvalue weighted by molar-refractivity contribution is 6.50. The van der Waals surface area contributed by atoms with Gasteiger partial charge in [-0.2, -0.15) is 0 Å². The van der Waals surface area contributed by atoms with Gasteiger partial charge in [-0.05, 0) is 93.3 Å². The summed E-state index contributed by atoms with van der Waals surface area (Å²) in [7, 11) is 2.10. The van der Waals surface area contributed by atoms with E-state index < -0.39 is 4.33 Å². The van der Waals surface area contributed by atoms with Crippen LogP contribution in [-0.2, 0) is 4.33 Å². The fourth-order valence-electron chi connectivity index (χ4n) is 4.59. The molecule has 262 valence electrons. The average Bonchev–Trinajstić information content (AvgIpc) is 3.32. The number of hydrogen-bond acceptors (Lipinski definition) is 2. The van der Waals surface area contributed by atoms with Gasteiger partial charge in [-0.1, -0.05) is 149 Å². The van der Waals surface area contributed by atoms with Crippen LogP contribution in [0.5, 0.6) is 0 Å². The van der Waals surface area contributed by atoms with Crippen molar-refractivity contribution in [3.05, 3.63) is 163 Å². The van der Waals surface area contributed by atoms with E-state index in [1.807, 2.05) is 89.2 Å². The summed E-state index contributed by atoms with van der Waals surface area (Å²) in [6.45, 7) is 21.5. The molecule has 0 spiro atoms. The van der Waals surface area contributed by atoms with Gasteiger partial charge in [0.2, 0.25) is 0 Å². The molecule has 1 aliphatic rings. The van der Waals surface area contributed by atoms with Crippen molar-refractivity contribution in [2.75, 3.05) is 18.5 Å². The van der Waals surface area contributed by atoms with Crippen LogP contribution in [0.1, 0.15) is 78.9 Å². The van der Waals surface area contributed by atoms with Crippen LogP contribution in [0.25, 0.3) is 0 Å². The van der Waals surface area contributed by atoms with Crippen LogP contribution in [0.4, 0.5) is 17.1 Å². The third-order valence-electron chi connectivity index (χ3n) is 7.52. The van der Waals surface area contributed by atoms with Crippen LogP contribution in [-0.4, -0.2) is 18.5 Å². The lowest BCUT2D eigenvalue weighted by Gasteiger charge is -2.26. The van der Waals surface area contributed by atoms with E-state index in [0.29, 0.717) is 0 Å². The molecule has 2 nitrogen and oxygen atoms in total. The summed E-state index contributed by atoms with van der Waals surface area (Å²) in [5.74, 6) is 0.149. The number of rotatable bonds is 9.